The highest BCUT2D eigenvalue weighted by molar-refractivity contribution is 9.13. The molecule has 0 atom stereocenters. The molecule has 19 heavy (non-hydrogen) atoms. The van der Waals surface area contributed by atoms with E-state index in [-0.39, 0.29) is 0 Å². The van der Waals surface area contributed by atoms with E-state index in [1.54, 1.807) is 0 Å². The Morgan fingerprint density at radius 3 is 2.53 bits per heavy atom. The lowest BCUT2D eigenvalue weighted by Crippen LogP contribution is -2.20. The van der Waals surface area contributed by atoms with Crippen LogP contribution in [-0.4, -0.2) is 6.54 Å². The highest BCUT2D eigenvalue weighted by atomic mass is 79.9. The second-order valence-electron chi connectivity index (χ2n) is 5.84. The predicted molar refractivity (Wildman–Crippen MR) is 89.3 cm³/mol. The van der Waals surface area contributed by atoms with E-state index >= 15 is 0 Å². The topological polar surface area (TPSA) is 12.0 Å². The van der Waals surface area contributed by atoms with Crippen LogP contribution in [0.15, 0.2) is 27.1 Å². The monoisotopic (exact) mass is 387 g/mol. The Labute approximate surface area is 133 Å². The predicted octanol–water partition coefficient (Wildman–Crippen LogP) is 5.52. The van der Waals surface area contributed by atoms with Crippen LogP contribution in [-0.2, 0) is 6.54 Å². The molecule has 0 spiro atoms. The van der Waals surface area contributed by atoms with Crippen LogP contribution in [0.25, 0.3) is 0 Å². The summed E-state index contributed by atoms with van der Waals surface area (Å²) in [5.74, 6) is 1.92. The number of benzene rings is 1. The molecular weight excluding hydrogens is 366 g/mol. The van der Waals surface area contributed by atoms with E-state index in [4.69, 9.17) is 0 Å². The lowest BCUT2D eigenvalue weighted by Gasteiger charge is -2.26. The summed E-state index contributed by atoms with van der Waals surface area (Å²) < 4.78 is 2.25. The molecule has 1 aromatic rings. The van der Waals surface area contributed by atoms with Gasteiger partial charge in [0.2, 0.25) is 0 Å². The number of hydrogen-bond donors (Lipinski definition) is 1. The van der Waals surface area contributed by atoms with Crippen molar-refractivity contribution in [2.45, 2.75) is 45.6 Å². The summed E-state index contributed by atoms with van der Waals surface area (Å²) in [5.41, 5.74) is 1.34. The molecule has 1 N–H and O–H groups in total. The maximum absolute atomic E-state index is 3.57. The van der Waals surface area contributed by atoms with Crippen LogP contribution < -0.4 is 5.32 Å². The first-order valence-corrected chi connectivity index (χ1v) is 8.88. The van der Waals surface area contributed by atoms with E-state index in [1.807, 2.05) is 0 Å². The molecule has 0 saturated heterocycles. The highest BCUT2D eigenvalue weighted by Crippen LogP contribution is 2.30. The fourth-order valence-corrected chi connectivity index (χ4v) is 3.48. The zero-order valence-corrected chi connectivity index (χ0v) is 14.8. The van der Waals surface area contributed by atoms with Crippen molar-refractivity contribution in [3.05, 3.63) is 32.7 Å². The Bertz CT molecular complexity index is 398. The fourth-order valence-electron chi connectivity index (χ4n) is 2.81. The third-order valence-corrected chi connectivity index (χ3v) is 6.06. The van der Waals surface area contributed by atoms with Crippen molar-refractivity contribution in [3.63, 3.8) is 0 Å². The Morgan fingerprint density at radius 1 is 1.11 bits per heavy atom. The summed E-state index contributed by atoms with van der Waals surface area (Å²) in [4.78, 5) is 0. The molecule has 2 rings (SSSR count). The van der Waals surface area contributed by atoms with E-state index in [2.05, 4.69) is 62.3 Å². The van der Waals surface area contributed by atoms with Crippen LogP contribution in [0.4, 0.5) is 0 Å². The van der Waals surface area contributed by atoms with Crippen molar-refractivity contribution in [2.24, 2.45) is 11.8 Å². The number of hydrogen-bond acceptors (Lipinski definition) is 1. The van der Waals surface area contributed by atoms with Gasteiger partial charge in [-0.2, -0.15) is 0 Å². The molecule has 1 aromatic carbocycles. The van der Waals surface area contributed by atoms with E-state index < -0.39 is 0 Å². The second kappa shape index (κ2) is 7.80. The van der Waals surface area contributed by atoms with Crippen LogP contribution in [0.5, 0.6) is 0 Å². The minimum atomic E-state index is 0.959. The second-order valence-corrected chi connectivity index (χ2v) is 7.55. The zero-order chi connectivity index (χ0) is 13.7. The van der Waals surface area contributed by atoms with Crippen LogP contribution >= 0.6 is 31.9 Å². The maximum atomic E-state index is 3.57. The Kier molecular flexibility index (Phi) is 6.37. The summed E-state index contributed by atoms with van der Waals surface area (Å²) in [5, 5.41) is 3.57. The average molecular weight is 389 g/mol. The number of rotatable bonds is 5. The zero-order valence-electron chi connectivity index (χ0n) is 11.6. The van der Waals surface area contributed by atoms with Gasteiger partial charge < -0.3 is 5.32 Å². The van der Waals surface area contributed by atoms with Gasteiger partial charge in [-0.3, -0.25) is 0 Å². The summed E-state index contributed by atoms with van der Waals surface area (Å²) in [6.45, 7) is 4.50. The van der Waals surface area contributed by atoms with Gasteiger partial charge in [-0.25, -0.2) is 0 Å². The molecule has 106 valence electrons. The van der Waals surface area contributed by atoms with Crippen LogP contribution in [0.1, 0.15) is 44.6 Å². The molecule has 0 bridgehead atoms. The van der Waals surface area contributed by atoms with E-state index in [0.717, 1.165) is 33.9 Å². The van der Waals surface area contributed by atoms with Gasteiger partial charge in [0.25, 0.3) is 0 Å². The average Bonchev–Trinajstić information content (AvgIpc) is 2.41. The van der Waals surface area contributed by atoms with E-state index in [1.165, 1.54) is 37.7 Å². The molecule has 0 aliphatic heterocycles. The van der Waals surface area contributed by atoms with Crippen molar-refractivity contribution in [1.29, 1.82) is 0 Å². The number of halogens is 2. The smallest absolute Gasteiger partial charge is 0.0320 e. The van der Waals surface area contributed by atoms with Gasteiger partial charge in [-0.15, -0.1) is 0 Å². The normalized spacial score (nSPS) is 23.5. The maximum Gasteiger partial charge on any atom is 0.0320 e. The van der Waals surface area contributed by atoms with Gasteiger partial charge in [-0.1, -0.05) is 38.7 Å². The SMILES string of the molecule is CC1CCC(CCNCc2ccc(Br)c(Br)c2)CC1. The van der Waals surface area contributed by atoms with Crippen molar-refractivity contribution >= 4 is 31.9 Å². The Balaban J connectivity index is 1.65. The van der Waals surface area contributed by atoms with Crippen LogP contribution in [0.3, 0.4) is 0 Å². The van der Waals surface area contributed by atoms with E-state index in [9.17, 15) is 0 Å². The molecule has 1 aliphatic carbocycles. The van der Waals surface area contributed by atoms with Crippen molar-refractivity contribution in [1.82, 2.24) is 5.32 Å². The van der Waals surface area contributed by atoms with Gasteiger partial charge in [0, 0.05) is 15.5 Å². The summed E-state index contributed by atoms with van der Waals surface area (Å²) in [7, 11) is 0. The van der Waals surface area contributed by atoms with Gasteiger partial charge in [0.1, 0.15) is 0 Å². The fraction of sp³-hybridized carbons (Fsp3) is 0.625. The third-order valence-electron chi connectivity index (χ3n) is 4.18. The number of nitrogens with one attached hydrogen (secondary N) is 1. The van der Waals surface area contributed by atoms with Crippen LogP contribution in [0.2, 0.25) is 0 Å². The first-order chi connectivity index (χ1) is 9.15. The molecule has 0 amide bonds. The van der Waals surface area contributed by atoms with Crippen LogP contribution in [0, 0.1) is 11.8 Å². The molecule has 1 fully saturated rings. The molecule has 0 heterocycles. The van der Waals surface area contributed by atoms with Crippen molar-refractivity contribution in [2.75, 3.05) is 6.54 Å². The van der Waals surface area contributed by atoms with Crippen molar-refractivity contribution in [3.8, 4) is 0 Å². The minimum Gasteiger partial charge on any atom is -0.313 e. The first kappa shape index (κ1) is 15.5. The Morgan fingerprint density at radius 2 is 1.84 bits per heavy atom. The molecule has 1 nitrogen and oxygen atoms in total. The quantitative estimate of drug-likeness (QED) is 0.655. The summed E-state index contributed by atoms with van der Waals surface area (Å²) in [6, 6.07) is 6.45. The minimum absolute atomic E-state index is 0.959. The molecule has 0 unspecified atom stereocenters. The van der Waals surface area contributed by atoms with Gasteiger partial charge in [0.05, 0.1) is 0 Å². The van der Waals surface area contributed by atoms with Gasteiger partial charge >= 0.3 is 0 Å². The molecule has 3 heteroatoms. The highest BCUT2D eigenvalue weighted by Gasteiger charge is 2.17. The van der Waals surface area contributed by atoms with Crippen molar-refractivity contribution < 1.29 is 0 Å². The lowest BCUT2D eigenvalue weighted by molar-refractivity contribution is 0.275. The largest absolute Gasteiger partial charge is 0.313 e. The molecule has 1 aliphatic rings. The van der Waals surface area contributed by atoms with Gasteiger partial charge in [-0.05, 0) is 74.4 Å². The molecular formula is C16H23Br2N. The third kappa shape index (κ3) is 5.20. The molecule has 0 radical (unpaired) electrons. The molecule has 1 saturated carbocycles. The van der Waals surface area contributed by atoms with Gasteiger partial charge in [0.15, 0.2) is 0 Å². The first-order valence-electron chi connectivity index (χ1n) is 7.30. The summed E-state index contributed by atoms with van der Waals surface area (Å²) >= 11 is 7.05. The standard InChI is InChI=1S/C16H23Br2N/c1-12-2-4-13(5-3-12)8-9-19-11-14-6-7-15(17)16(18)10-14/h6-7,10,12-13,19H,2-5,8-9,11H2,1H3. The Hall–Kier alpha value is 0.140. The van der Waals surface area contributed by atoms with E-state index in [0.29, 0.717) is 0 Å². The lowest BCUT2D eigenvalue weighted by atomic mass is 9.81. The molecule has 0 aromatic heterocycles. The summed E-state index contributed by atoms with van der Waals surface area (Å²) in [6.07, 6.45) is 7.08.